The zero-order valence-corrected chi connectivity index (χ0v) is 11.2. The SMILES string of the molecule is CC(C)(C)CCCOc1cccc(N)c1C(=O)O. The molecule has 3 N–H and O–H groups in total. The number of hydrogen-bond donors (Lipinski definition) is 2. The maximum atomic E-state index is 11.1. The Kier molecular flexibility index (Phi) is 4.59. The zero-order valence-electron chi connectivity index (χ0n) is 11.2. The first-order valence-electron chi connectivity index (χ1n) is 6.06. The van der Waals surface area contributed by atoms with Crippen LogP contribution in [0, 0.1) is 5.41 Å². The van der Waals surface area contributed by atoms with E-state index in [2.05, 4.69) is 20.8 Å². The smallest absolute Gasteiger partial charge is 0.341 e. The van der Waals surface area contributed by atoms with E-state index in [-0.39, 0.29) is 16.7 Å². The average Bonchev–Trinajstić information content (AvgIpc) is 2.22. The van der Waals surface area contributed by atoms with Crippen molar-refractivity contribution in [2.24, 2.45) is 5.41 Å². The maximum Gasteiger partial charge on any atom is 0.341 e. The predicted molar refractivity (Wildman–Crippen MR) is 72.0 cm³/mol. The molecule has 0 bridgehead atoms. The number of carbonyl (C=O) groups is 1. The number of aromatic carboxylic acids is 1. The number of benzene rings is 1. The predicted octanol–water partition coefficient (Wildman–Crippen LogP) is 3.17. The highest BCUT2D eigenvalue weighted by Crippen LogP contribution is 2.25. The van der Waals surface area contributed by atoms with Gasteiger partial charge in [-0.05, 0) is 30.4 Å². The Labute approximate surface area is 108 Å². The maximum absolute atomic E-state index is 11.1. The molecule has 0 aliphatic rings. The lowest BCUT2D eigenvalue weighted by Gasteiger charge is -2.18. The first kappa shape index (κ1) is 14.4. The van der Waals surface area contributed by atoms with Gasteiger partial charge in [0.05, 0.1) is 6.61 Å². The molecule has 4 heteroatoms. The Balaban J connectivity index is 2.63. The van der Waals surface area contributed by atoms with Crippen molar-refractivity contribution in [3.8, 4) is 5.75 Å². The van der Waals surface area contributed by atoms with E-state index in [0.29, 0.717) is 12.4 Å². The van der Waals surface area contributed by atoms with Gasteiger partial charge >= 0.3 is 5.97 Å². The highest BCUT2D eigenvalue weighted by molar-refractivity contribution is 5.96. The van der Waals surface area contributed by atoms with Crippen molar-refractivity contribution in [2.75, 3.05) is 12.3 Å². The van der Waals surface area contributed by atoms with Crippen LogP contribution in [-0.2, 0) is 0 Å². The number of nitrogen functional groups attached to an aromatic ring is 1. The molecule has 1 rings (SSSR count). The van der Waals surface area contributed by atoms with E-state index in [9.17, 15) is 4.79 Å². The number of nitrogens with two attached hydrogens (primary N) is 1. The molecule has 0 aromatic heterocycles. The molecule has 18 heavy (non-hydrogen) atoms. The van der Waals surface area contributed by atoms with Gasteiger partial charge in [0.1, 0.15) is 11.3 Å². The quantitative estimate of drug-likeness (QED) is 0.622. The van der Waals surface area contributed by atoms with Crippen molar-refractivity contribution in [3.63, 3.8) is 0 Å². The van der Waals surface area contributed by atoms with Crippen molar-refractivity contribution in [3.05, 3.63) is 23.8 Å². The van der Waals surface area contributed by atoms with Gasteiger partial charge in [-0.15, -0.1) is 0 Å². The van der Waals surface area contributed by atoms with Gasteiger partial charge in [-0.25, -0.2) is 4.79 Å². The third kappa shape index (κ3) is 4.28. The van der Waals surface area contributed by atoms with E-state index in [1.165, 1.54) is 0 Å². The topological polar surface area (TPSA) is 72.5 Å². The first-order chi connectivity index (χ1) is 8.31. The normalized spacial score (nSPS) is 11.3. The molecule has 1 aromatic rings. The number of carboxylic acids is 1. The van der Waals surface area contributed by atoms with E-state index < -0.39 is 5.97 Å². The van der Waals surface area contributed by atoms with Crippen LogP contribution in [0.3, 0.4) is 0 Å². The second-order valence-corrected chi connectivity index (χ2v) is 5.54. The molecule has 1 aromatic carbocycles. The second-order valence-electron chi connectivity index (χ2n) is 5.54. The van der Waals surface area contributed by atoms with Crippen LogP contribution in [0.1, 0.15) is 44.0 Å². The molecule has 0 spiro atoms. The van der Waals surface area contributed by atoms with Crippen LogP contribution in [0.15, 0.2) is 18.2 Å². The van der Waals surface area contributed by atoms with E-state index in [1.54, 1.807) is 18.2 Å². The summed E-state index contributed by atoms with van der Waals surface area (Å²) in [6.07, 6.45) is 1.91. The van der Waals surface area contributed by atoms with Crippen molar-refractivity contribution < 1.29 is 14.6 Å². The summed E-state index contributed by atoms with van der Waals surface area (Å²) in [4.78, 5) is 11.1. The summed E-state index contributed by atoms with van der Waals surface area (Å²) in [5, 5.41) is 9.07. The van der Waals surface area contributed by atoms with E-state index in [0.717, 1.165) is 12.8 Å². The summed E-state index contributed by atoms with van der Waals surface area (Å²) < 4.78 is 5.51. The number of hydrogen-bond acceptors (Lipinski definition) is 3. The summed E-state index contributed by atoms with van der Waals surface area (Å²) in [5.41, 5.74) is 6.18. The molecule has 0 saturated heterocycles. The standard InChI is InChI=1S/C14H21NO3/c1-14(2,3)8-5-9-18-11-7-4-6-10(15)12(11)13(16)17/h4,6-7H,5,8-9,15H2,1-3H3,(H,16,17). The molecular formula is C14H21NO3. The van der Waals surface area contributed by atoms with Gasteiger partial charge < -0.3 is 15.6 Å². The summed E-state index contributed by atoms with van der Waals surface area (Å²) >= 11 is 0. The van der Waals surface area contributed by atoms with Gasteiger partial charge in [-0.2, -0.15) is 0 Å². The van der Waals surface area contributed by atoms with Crippen molar-refractivity contribution in [1.29, 1.82) is 0 Å². The highest BCUT2D eigenvalue weighted by atomic mass is 16.5. The number of ether oxygens (including phenoxy) is 1. The number of anilines is 1. The Morgan fingerprint density at radius 3 is 2.61 bits per heavy atom. The summed E-state index contributed by atoms with van der Waals surface area (Å²) in [6, 6.07) is 4.89. The molecule has 0 unspecified atom stereocenters. The minimum absolute atomic E-state index is 0.0493. The van der Waals surface area contributed by atoms with E-state index in [4.69, 9.17) is 15.6 Å². The Bertz CT molecular complexity index is 422. The fraction of sp³-hybridized carbons (Fsp3) is 0.500. The first-order valence-corrected chi connectivity index (χ1v) is 6.06. The van der Waals surface area contributed by atoms with E-state index in [1.807, 2.05) is 0 Å². The minimum Gasteiger partial charge on any atom is -0.493 e. The monoisotopic (exact) mass is 251 g/mol. The fourth-order valence-electron chi connectivity index (χ4n) is 1.68. The summed E-state index contributed by atoms with van der Waals surface area (Å²) in [6.45, 7) is 6.99. The largest absolute Gasteiger partial charge is 0.493 e. The Morgan fingerprint density at radius 2 is 2.06 bits per heavy atom. The van der Waals surface area contributed by atoms with Crippen LogP contribution in [0.4, 0.5) is 5.69 Å². The molecule has 0 atom stereocenters. The molecule has 100 valence electrons. The fourth-order valence-corrected chi connectivity index (χ4v) is 1.68. The molecule has 0 amide bonds. The van der Waals surface area contributed by atoms with Gasteiger partial charge in [-0.1, -0.05) is 26.8 Å². The lowest BCUT2D eigenvalue weighted by Crippen LogP contribution is -2.10. The molecule has 0 aliphatic carbocycles. The van der Waals surface area contributed by atoms with Gasteiger partial charge in [0, 0.05) is 5.69 Å². The molecule has 4 nitrogen and oxygen atoms in total. The molecule has 0 aliphatic heterocycles. The summed E-state index contributed by atoms with van der Waals surface area (Å²) in [5.74, 6) is -0.713. The third-order valence-electron chi connectivity index (χ3n) is 2.60. The number of carboxylic acid groups (broad SMARTS) is 1. The van der Waals surface area contributed by atoms with Crippen molar-refractivity contribution in [2.45, 2.75) is 33.6 Å². The molecule has 0 radical (unpaired) electrons. The van der Waals surface area contributed by atoms with Gasteiger partial charge in [0.2, 0.25) is 0 Å². The summed E-state index contributed by atoms with van der Waals surface area (Å²) in [7, 11) is 0. The Morgan fingerprint density at radius 1 is 1.39 bits per heavy atom. The minimum atomic E-state index is -1.06. The molecule has 0 saturated carbocycles. The molecular weight excluding hydrogens is 230 g/mol. The van der Waals surface area contributed by atoms with Crippen LogP contribution >= 0.6 is 0 Å². The second kappa shape index (κ2) is 5.76. The lowest BCUT2D eigenvalue weighted by molar-refractivity contribution is 0.0693. The van der Waals surface area contributed by atoms with Crippen molar-refractivity contribution in [1.82, 2.24) is 0 Å². The highest BCUT2D eigenvalue weighted by Gasteiger charge is 2.15. The Hall–Kier alpha value is -1.71. The molecule has 0 heterocycles. The van der Waals surface area contributed by atoms with Crippen LogP contribution in [-0.4, -0.2) is 17.7 Å². The van der Waals surface area contributed by atoms with Gasteiger partial charge in [0.25, 0.3) is 0 Å². The zero-order chi connectivity index (χ0) is 13.8. The van der Waals surface area contributed by atoms with Gasteiger partial charge in [-0.3, -0.25) is 0 Å². The van der Waals surface area contributed by atoms with Gasteiger partial charge in [0.15, 0.2) is 0 Å². The van der Waals surface area contributed by atoms with E-state index >= 15 is 0 Å². The average molecular weight is 251 g/mol. The van der Waals surface area contributed by atoms with Crippen LogP contribution in [0.2, 0.25) is 0 Å². The molecule has 0 fully saturated rings. The van der Waals surface area contributed by atoms with Crippen LogP contribution < -0.4 is 10.5 Å². The lowest BCUT2D eigenvalue weighted by atomic mass is 9.91. The van der Waals surface area contributed by atoms with Crippen molar-refractivity contribution >= 4 is 11.7 Å². The van der Waals surface area contributed by atoms with Crippen LogP contribution in [0.25, 0.3) is 0 Å². The van der Waals surface area contributed by atoms with Crippen LogP contribution in [0.5, 0.6) is 5.75 Å². The number of rotatable bonds is 5. The third-order valence-corrected chi connectivity index (χ3v) is 2.60.